The van der Waals surface area contributed by atoms with E-state index in [2.05, 4.69) is 10.3 Å². The molecule has 0 unspecified atom stereocenters. The van der Waals surface area contributed by atoms with Crippen LogP contribution in [-0.2, 0) is 4.79 Å². The van der Waals surface area contributed by atoms with Crippen molar-refractivity contribution in [3.8, 4) is 0 Å². The van der Waals surface area contributed by atoms with Gasteiger partial charge >= 0.3 is 5.97 Å². The van der Waals surface area contributed by atoms with Crippen LogP contribution in [0.1, 0.15) is 25.7 Å². The van der Waals surface area contributed by atoms with Crippen molar-refractivity contribution in [2.45, 2.75) is 25.7 Å². The lowest BCUT2D eigenvalue weighted by atomic mass is 10.2. The lowest BCUT2D eigenvalue weighted by Gasteiger charge is -2.04. The van der Waals surface area contributed by atoms with E-state index >= 15 is 0 Å². The van der Waals surface area contributed by atoms with Crippen molar-refractivity contribution in [3.05, 3.63) is 28.4 Å². The maximum absolute atomic E-state index is 10.5. The van der Waals surface area contributed by atoms with Gasteiger partial charge in [0.25, 0.3) is 5.69 Å². The van der Waals surface area contributed by atoms with Gasteiger partial charge in [-0.15, -0.1) is 0 Å². The average Bonchev–Trinajstić information content (AvgIpc) is 2.33. The smallest absolute Gasteiger partial charge is 0.303 e. The van der Waals surface area contributed by atoms with Gasteiger partial charge in [0, 0.05) is 25.2 Å². The first-order chi connectivity index (χ1) is 8.59. The molecule has 98 valence electrons. The molecule has 1 aromatic heterocycles. The number of nitro groups is 1. The van der Waals surface area contributed by atoms with E-state index < -0.39 is 10.9 Å². The third-order valence-electron chi connectivity index (χ3n) is 2.33. The number of rotatable bonds is 8. The minimum atomic E-state index is -0.789. The zero-order valence-corrected chi connectivity index (χ0v) is 9.83. The summed E-state index contributed by atoms with van der Waals surface area (Å²) < 4.78 is 0. The molecule has 1 rings (SSSR count). The quantitative estimate of drug-likeness (QED) is 0.417. The molecule has 0 radical (unpaired) electrons. The molecule has 0 spiro atoms. The lowest BCUT2D eigenvalue weighted by Crippen LogP contribution is -2.04. The second kappa shape index (κ2) is 7.21. The summed E-state index contributed by atoms with van der Waals surface area (Å²) in [7, 11) is 0. The highest BCUT2D eigenvalue weighted by molar-refractivity contribution is 5.66. The number of nitrogens with zero attached hydrogens (tertiary/aromatic N) is 2. The largest absolute Gasteiger partial charge is 0.481 e. The molecular formula is C11H15N3O4. The zero-order chi connectivity index (χ0) is 13.4. The number of pyridine rings is 1. The number of hydrogen-bond donors (Lipinski definition) is 2. The molecule has 0 aromatic carbocycles. The average molecular weight is 253 g/mol. The van der Waals surface area contributed by atoms with E-state index in [4.69, 9.17) is 5.11 Å². The summed E-state index contributed by atoms with van der Waals surface area (Å²) in [5, 5.41) is 21.9. The Hall–Kier alpha value is -2.18. The van der Waals surface area contributed by atoms with Crippen molar-refractivity contribution in [2.24, 2.45) is 0 Å². The van der Waals surface area contributed by atoms with E-state index in [-0.39, 0.29) is 12.1 Å². The Labute approximate surface area is 104 Å². The van der Waals surface area contributed by atoms with E-state index in [1.807, 2.05) is 0 Å². The van der Waals surface area contributed by atoms with Gasteiger partial charge in [-0.2, -0.15) is 0 Å². The molecule has 0 bridgehead atoms. The lowest BCUT2D eigenvalue weighted by molar-refractivity contribution is -0.384. The van der Waals surface area contributed by atoms with Gasteiger partial charge in [0.2, 0.25) is 0 Å². The summed E-state index contributed by atoms with van der Waals surface area (Å²) in [5.41, 5.74) is -0.00150. The van der Waals surface area contributed by atoms with Crippen LogP contribution in [0, 0.1) is 10.1 Å². The Kier molecular flexibility index (Phi) is 5.56. The van der Waals surface area contributed by atoms with Crippen LogP contribution in [0.4, 0.5) is 11.5 Å². The molecule has 0 aliphatic carbocycles. The number of aliphatic carboxylic acids is 1. The third-order valence-corrected chi connectivity index (χ3v) is 2.33. The van der Waals surface area contributed by atoms with Crippen LogP contribution < -0.4 is 5.32 Å². The first-order valence-corrected chi connectivity index (χ1v) is 5.65. The second-order valence-electron chi connectivity index (χ2n) is 3.79. The summed E-state index contributed by atoms with van der Waals surface area (Å²) in [6, 6.07) is 2.70. The third kappa shape index (κ3) is 5.24. The number of carboxylic acids is 1. The van der Waals surface area contributed by atoms with Crippen LogP contribution in [0.25, 0.3) is 0 Å². The summed E-state index contributed by atoms with van der Waals surface area (Å²) in [6.45, 7) is 0.619. The van der Waals surface area contributed by atoms with Gasteiger partial charge in [0.05, 0.1) is 11.0 Å². The van der Waals surface area contributed by atoms with Gasteiger partial charge in [-0.25, -0.2) is 4.98 Å². The molecular weight excluding hydrogens is 238 g/mol. The highest BCUT2D eigenvalue weighted by atomic mass is 16.6. The Morgan fingerprint density at radius 2 is 2.22 bits per heavy atom. The fourth-order valence-electron chi connectivity index (χ4n) is 1.42. The van der Waals surface area contributed by atoms with Crippen molar-refractivity contribution >= 4 is 17.5 Å². The summed E-state index contributed by atoms with van der Waals surface area (Å²) >= 11 is 0. The van der Waals surface area contributed by atoms with Gasteiger partial charge in [-0.3, -0.25) is 14.9 Å². The van der Waals surface area contributed by atoms with Crippen molar-refractivity contribution in [1.29, 1.82) is 0 Å². The number of carboxylic acid groups (broad SMARTS) is 1. The Morgan fingerprint density at radius 3 is 2.89 bits per heavy atom. The molecule has 2 N–H and O–H groups in total. The van der Waals surface area contributed by atoms with Crippen molar-refractivity contribution in [3.63, 3.8) is 0 Å². The van der Waals surface area contributed by atoms with Gasteiger partial charge < -0.3 is 10.4 Å². The van der Waals surface area contributed by atoms with Crippen molar-refractivity contribution < 1.29 is 14.8 Å². The maximum Gasteiger partial charge on any atom is 0.303 e. The Bertz CT molecular complexity index is 423. The maximum atomic E-state index is 10.5. The second-order valence-corrected chi connectivity index (χ2v) is 3.79. The number of nitrogens with one attached hydrogen (secondary N) is 1. The number of carbonyl (C=O) groups is 1. The van der Waals surface area contributed by atoms with Crippen molar-refractivity contribution in [2.75, 3.05) is 11.9 Å². The minimum absolute atomic E-state index is 0.00150. The first kappa shape index (κ1) is 13.9. The molecule has 18 heavy (non-hydrogen) atoms. The molecule has 0 saturated carbocycles. The molecule has 0 aliphatic rings. The SMILES string of the molecule is O=C(O)CCCCCNc1cc([N+](=O)[O-])ccn1. The van der Waals surface area contributed by atoms with Crippen LogP contribution in [0.3, 0.4) is 0 Å². The predicted octanol–water partition coefficient (Wildman–Crippen LogP) is 2.05. The monoisotopic (exact) mass is 253 g/mol. The fraction of sp³-hybridized carbons (Fsp3) is 0.455. The van der Waals surface area contributed by atoms with Crippen LogP contribution >= 0.6 is 0 Å². The highest BCUT2D eigenvalue weighted by Gasteiger charge is 2.05. The van der Waals surface area contributed by atoms with E-state index in [0.29, 0.717) is 18.8 Å². The molecule has 7 nitrogen and oxygen atoms in total. The van der Waals surface area contributed by atoms with E-state index in [1.165, 1.54) is 18.3 Å². The fourth-order valence-corrected chi connectivity index (χ4v) is 1.42. The summed E-state index contributed by atoms with van der Waals surface area (Å²) in [6.07, 6.45) is 3.80. The summed E-state index contributed by atoms with van der Waals surface area (Å²) in [5.74, 6) is -0.328. The molecule has 0 aliphatic heterocycles. The number of aromatic nitrogens is 1. The molecule has 0 amide bonds. The van der Waals surface area contributed by atoms with Crippen LogP contribution in [-0.4, -0.2) is 27.5 Å². The van der Waals surface area contributed by atoms with E-state index in [0.717, 1.165) is 12.8 Å². The van der Waals surface area contributed by atoms with Gasteiger partial charge in [-0.05, 0) is 12.8 Å². The Morgan fingerprint density at radius 1 is 1.44 bits per heavy atom. The van der Waals surface area contributed by atoms with Crippen LogP contribution in [0.2, 0.25) is 0 Å². The predicted molar refractivity (Wildman–Crippen MR) is 65.5 cm³/mol. The number of hydrogen-bond acceptors (Lipinski definition) is 5. The van der Waals surface area contributed by atoms with Gasteiger partial charge in [0.1, 0.15) is 5.82 Å². The molecule has 1 heterocycles. The molecule has 1 aromatic rings. The Balaban J connectivity index is 2.25. The van der Waals surface area contributed by atoms with Crippen LogP contribution in [0.5, 0.6) is 0 Å². The topological polar surface area (TPSA) is 105 Å². The minimum Gasteiger partial charge on any atom is -0.481 e. The van der Waals surface area contributed by atoms with Crippen LogP contribution in [0.15, 0.2) is 18.3 Å². The molecule has 0 atom stereocenters. The van der Waals surface area contributed by atoms with Crippen molar-refractivity contribution in [1.82, 2.24) is 4.98 Å². The standard InChI is InChI=1S/C11H15N3O4/c15-11(16)4-2-1-3-6-12-10-8-9(14(17)18)5-7-13-10/h5,7-8H,1-4,6H2,(H,12,13)(H,15,16). The van der Waals surface area contributed by atoms with E-state index in [9.17, 15) is 14.9 Å². The normalized spacial score (nSPS) is 10.0. The number of unbranched alkanes of at least 4 members (excludes halogenated alkanes) is 2. The zero-order valence-electron chi connectivity index (χ0n) is 9.83. The molecule has 0 saturated heterocycles. The highest BCUT2D eigenvalue weighted by Crippen LogP contribution is 2.14. The molecule has 7 heteroatoms. The first-order valence-electron chi connectivity index (χ1n) is 5.65. The van der Waals surface area contributed by atoms with E-state index in [1.54, 1.807) is 0 Å². The molecule has 0 fully saturated rings. The van der Waals surface area contributed by atoms with Gasteiger partial charge in [-0.1, -0.05) is 6.42 Å². The summed E-state index contributed by atoms with van der Waals surface area (Å²) in [4.78, 5) is 24.3. The number of anilines is 1. The van der Waals surface area contributed by atoms with Gasteiger partial charge in [0.15, 0.2) is 0 Å².